The largest absolute Gasteiger partial charge is 0.491 e. The maximum Gasteiger partial charge on any atom is 0.491 e. The van der Waals surface area contributed by atoms with Crippen LogP contribution in [0.2, 0.25) is 5.02 Å². The van der Waals surface area contributed by atoms with Gasteiger partial charge >= 0.3 is 7.12 Å². The second kappa shape index (κ2) is 4.43. The van der Waals surface area contributed by atoms with Crippen molar-refractivity contribution in [1.29, 1.82) is 0 Å². The topological polar surface area (TPSA) is 29.5 Å². The summed E-state index contributed by atoms with van der Waals surface area (Å²) in [5, 5.41) is 10.4. The molecule has 0 aliphatic carbocycles. The third kappa shape index (κ3) is 1.95. The summed E-state index contributed by atoms with van der Waals surface area (Å²) in [6.07, 6.45) is 0. The Hall–Kier alpha value is -1.29. The zero-order chi connectivity index (χ0) is 12.7. The van der Waals surface area contributed by atoms with Crippen LogP contribution in [0.5, 0.6) is 0 Å². The second-order valence-corrected chi connectivity index (χ2v) is 4.97. The molecule has 3 rings (SSSR count). The van der Waals surface area contributed by atoms with E-state index in [-0.39, 0.29) is 0 Å². The zero-order valence-corrected chi connectivity index (χ0v) is 10.7. The van der Waals surface area contributed by atoms with Crippen molar-refractivity contribution in [2.45, 2.75) is 13.5 Å². The predicted octanol–water partition coefficient (Wildman–Crippen LogP) is 2.53. The number of aryl methyl sites for hydroxylation is 1. The van der Waals surface area contributed by atoms with Gasteiger partial charge in [-0.25, -0.2) is 0 Å². The summed E-state index contributed by atoms with van der Waals surface area (Å²) in [5.74, 6) is 0. The monoisotopic (exact) mass is 258 g/mol. The molecule has 1 N–H and O–H groups in total. The van der Waals surface area contributed by atoms with Crippen LogP contribution in [0.15, 0.2) is 36.4 Å². The average Bonchev–Trinajstić information content (AvgIpc) is 2.71. The highest BCUT2D eigenvalue weighted by Gasteiger charge is 2.28. The molecule has 18 heavy (non-hydrogen) atoms. The minimum absolute atomic E-state index is 0.421. The van der Waals surface area contributed by atoms with Crippen LogP contribution in [0.25, 0.3) is 11.1 Å². The number of hydrogen-bond donors (Lipinski definition) is 1. The lowest BCUT2D eigenvalue weighted by Gasteiger charge is -2.08. The molecule has 4 heteroatoms. The van der Waals surface area contributed by atoms with E-state index < -0.39 is 7.12 Å². The van der Waals surface area contributed by atoms with E-state index in [4.69, 9.17) is 16.3 Å². The molecule has 2 aromatic rings. The van der Waals surface area contributed by atoms with Gasteiger partial charge in [0.2, 0.25) is 0 Å². The Bertz CT molecular complexity index is 595. The van der Waals surface area contributed by atoms with Gasteiger partial charge in [0.1, 0.15) is 0 Å². The molecule has 0 unspecified atom stereocenters. The van der Waals surface area contributed by atoms with Gasteiger partial charge in [0.25, 0.3) is 0 Å². The molecule has 90 valence electrons. The molecule has 0 fully saturated rings. The van der Waals surface area contributed by atoms with E-state index in [1.54, 1.807) is 0 Å². The van der Waals surface area contributed by atoms with Crippen molar-refractivity contribution in [2.75, 3.05) is 0 Å². The van der Waals surface area contributed by atoms with Crippen molar-refractivity contribution in [3.63, 3.8) is 0 Å². The molecule has 0 saturated carbocycles. The predicted molar refractivity (Wildman–Crippen MR) is 74.0 cm³/mol. The lowest BCUT2D eigenvalue weighted by Crippen LogP contribution is -2.28. The minimum atomic E-state index is -0.832. The summed E-state index contributed by atoms with van der Waals surface area (Å²) in [6.45, 7) is 2.47. The summed E-state index contributed by atoms with van der Waals surface area (Å²) in [5.41, 5.74) is 4.96. The first-order valence-electron chi connectivity index (χ1n) is 5.84. The highest BCUT2D eigenvalue weighted by atomic mass is 35.5. The second-order valence-electron chi connectivity index (χ2n) is 4.56. The lowest BCUT2D eigenvalue weighted by atomic mass is 9.78. The van der Waals surface area contributed by atoms with Gasteiger partial charge in [-0.3, -0.25) is 0 Å². The summed E-state index contributed by atoms with van der Waals surface area (Å²) < 4.78 is 5.19. The molecule has 0 bridgehead atoms. The number of rotatable bonds is 1. The van der Waals surface area contributed by atoms with Gasteiger partial charge in [-0.2, -0.15) is 0 Å². The fourth-order valence-corrected chi connectivity index (χ4v) is 2.49. The smallest absolute Gasteiger partial charge is 0.423 e. The van der Waals surface area contributed by atoms with Gasteiger partial charge in [0.15, 0.2) is 0 Å². The van der Waals surface area contributed by atoms with Crippen molar-refractivity contribution in [3.05, 3.63) is 52.5 Å². The van der Waals surface area contributed by atoms with Gasteiger partial charge in [-0.05, 0) is 35.1 Å². The maximum absolute atomic E-state index is 9.72. The Kier molecular flexibility index (Phi) is 2.90. The number of halogens is 1. The van der Waals surface area contributed by atoms with E-state index in [0.29, 0.717) is 11.6 Å². The van der Waals surface area contributed by atoms with E-state index in [1.165, 1.54) is 5.56 Å². The SMILES string of the molecule is Cc1ccc(-c2cc3c(cc2Cl)COB3O)cc1. The van der Waals surface area contributed by atoms with E-state index in [0.717, 1.165) is 22.2 Å². The summed E-state index contributed by atoms with van der Waals surface area (Å²) in [7, 11) is -0.832. The molecule has 0 aromatic heterocycles. The third-order valence-electron chi connectivity index (χ3n) is 3.25. The van der Waals surface area contributed by atoms with Crippen molar-refractivity contribution in [1.82, 2.24) is 0 Å². The van der Waals surface area contributed by atoms with Crippen LogP contribution in [0, 0.1) is 6.92 Å². The van der Waals surface area contributed by atoms with E-state index in [1.807, 2.05) is 43.3 Å². The Morgan fingerprint density at radius 3 is 2.67 bits per heavy atom. The average molecular weight is 259 g/mol. The van der Waals surface area contributed by atoms with Gasteiger partial charge in [0, 0.05) is 5.02 Å². The standard InChI is InChI=1S/C14H12BClO2/c1-9-2-4-10(5-3-9)12-7-13-11(6-14(12)16)8-18-15(13)17/h2-7,17H,8H2,1H3. The molecule has 0 spiro atoms. The molecule has 1 aliphatic rings. The first kappa shape index (κ1) is 11.8. The van der Waals surface area contributed by atoms with Gasteiger partial charge in [0.05, 0.1) is 6.61 Å². The summed E-state index contributed by atoms with van der Waals surface area (Å²) in [6, 6.07) is 12.0. The van der Waals surface area contributed by atoms with Crippen LogP contribution in [-0.2, 0) is 11.3 Å². The van der Waals surface area contributed by atoms with Gasteiger partial charge < -0.3 is 9.68 Å². The van der Waals surface area contributed by atoms with Crippen LogP contribution in [-0.4, -0.2) is 12.1 Å². The molecular weight excluding hydrogens is 246 g/mol. The Labute approximate surface area is 111 Å². The molecule has 1 heterocycles. The van der Waals surface area contributed by atoms with Crippen molar-refractivity contribution >= 4 is 24.2 Å². The van der Waals surface area contributed by atoms with Crippen molar-refractivity contribution in [2.24, 2.45) is 0 Å². The molecule has 2 aromatic carbocycles. The maximum atomic E-state index is 9.72. The van der Waals surface area contributed by atoms with Crippen LogP contribution in [0.4, 0.5) is 0 Å². The highest BCUT2D eigenvalue weighted by molar-refractivity contribution is 6.61. The van der Waals surface area contributed by atoms with Crippen LogP contribution < -0.4 is 5.46 Å². The van der Waals surface area contributed by atoms with Gasteiger partial charge in [-0.15, -0.1) is 0 Å². The number of benzene rings is 2. The first-order valence-corrected chi connectivity index (χ1v) is 6.22. The Morgan fingerprint density at radius 2 is 1.94 bits per heavy atom. The normalized spacial score (nSPS) is 13.8. The Morgan fingerprint density at radius 1 is 1.22 bits per heavy atom. The molecule has 0 saturated heterocycles. The fourth-order valence-electron chi connectivity index (χ4n) is 2.20. The van der Waals surface area contributed by atoms with Crippen LogP contribution in [0.3, 0.4) is 0 Å². The molecular formula is C14H12BClO2. The first-order chi connectivity index (χ1) is 8.65. The third-order valence-corrected chi connectivity index (χ3v) is 3.57. The van der Waals surface area contributed by atoms with Crippen molar-refractivity contribution < 1.29 is 9.68 Å². The number of hydrogen-bond acceptors (Lipinski definition) is 2. The lowest BCUT2D eigenvalue weighted by molar-refractivity contribution is 0.275. The van der Waals surface area contributed by atoms with Crippen LogP contribution in [0.1, 0.15) is 11.1 Å². The van der Waals surface area contributed by atoms with E-state index >= 15 is 0 Å². The molecule has 0 radical (unpaired) electrons. The van der Waals surface area contributed by atoms with Crippen molar-refractivity contribution in [3.8, 4) is 11.1 Å². The molecule has 2 nitrogen and oxygen atoms in total. The summed E-state index contributed by atoms with van der Waals surface area (Å²) in [4.78, 5) is 0. The van der Waals surface area contributed by atoms with Gasteiger partial charge in [-0.1, -0.05) is 47.5 Å². The molecule has 0 amide bonds. The number of fused-ring (bicyclic) bond motifs is 1. The van der Waals surface area contributed by atoms with E-state index in [2.05, 4.69) is 0 Å². The minimum Gasteiger partial charge on any atom is -0.423 e. The Balaban J connectivity index is 2.12. The fraction of sp³-hybridized carbons (Fsp3) is 0.143. The molecule has 1 aliphatic heterocycles. The quantitative estimate of drug-likeness (QED) is 0.797. The van der Waals surface area contributed by atoms with Crippen LogP contribution >= 0.6 is 11.6 Å². The molecule has 0 atom stereocenters. The summed E-state index contributed by atoms with van der Waals surface area (Å²) >= 11 is 6.29. The van der Waals surface area contributed by atoms with E-state index in [9.17, 15) is 5.02 Å². The zero-order valence-electron chi connectivity index (χ0n) is 9.98. The highest BCUT2D eigenvalue weighted by Crippen LogP contribution is 2.29.